The fraction of sp³-hybridized carbons (Fsp3) is 0.211. The van der Waals surface area contributed by atoms with Crippen LogP contribution in [0.2, 0.25) is 0 Å². The number of hydrogen-bond donors (Lipinski definition) is 1. The number of esters is 1. The van der Waals surface area contributed by atoms with E-state index in [0.29, 0.717) is 23.5 Å². The van der Waals surface area contributed by atoms with Gasteiger partial charge in [-0.05, 0) is 36.8 Å². The molecule has 0 radical (unpaired) electrons. The molecule has 1 amide bonds. The molecule has 0 aliphatic heterocycles. The van der Waals surface area contributed by atoms with E-state index in [1.807, 2.05) is 6.92 Å². The number of fused-ring (bicyclic) bond motifs is 1. The first kappa shape index (κ1) is 17.6. The first-order valence-electron chi connectivity index (χ1n) is 8.29. The summed E-state index contributed by atoms with van der Waals surface area (Å²) in [5.41, 5.74) is 1.41. The van der Waals surface area contributed by atoms with Crippen molar-refractivity contribution in [1.82, 2.24) is 9.38 Å². The number of carbonyl (C=O) groups excluding carboxylic acids is 2. The van der Waals surface area contributed by atoms with Crippen molar-refractivity contribution in [2.45, 2.75) is 19.8 Å². The second-order valence-electron chi connectivity index (χ2n) is 5.76. The van der Waals surface area contributed by atoms with Crippen LogP contribution in [0.4, 0.5) is 10.1 Å². The Balaban J connectivity index is 1.72. The lowest BCUT2D eigenvalue weighted by molar-refractivity contribution is 0.0499. The van der Waals surface area contributed by atoms with Gasteiger partial charge < -0.3 is 14.5 Å². The number of nitrogens with zero attached hydrogens (tertiary/aromatic N) is 2. The van der Waals surface area contributed by atoms with Crippen LogP contribution in [0.1, 0.15) is 40.6 Å². The van der Waals surface area contributed by atoms with Gasteiger partial charge in [0.15, 0.2) is 0 Å². The van der Waals surface area contributed by atoms with Gasteiger partial charge in [0.05, 0.1) is 12.2 Å². The number of rotatable bonds is 6. The van der Waals surface area contributed by atoms with Gasteiger partial charge in [-0.15, -0.1) is 0 Å². The minimum atomic E-state index is -0.453. The Morgan fingerprint density at radius 1 is 1.23 bits per heavy atom. The average Bonchev–Trinajstić information content (AvgIpc) is 3.05. The zero-order chi connectivity index (χ0) is 18.5. The third-order valence-electron chi connectivity index (χ3n) is 3.73. The van der Waals surface area contributed by atoms with Gasteiger partial charge in [-0.1, -0.05) is 19.4 Å². The number of halogens is 1. The quantitative estimate of drug-likeness (QED) is 0.541. The number of amides is 1. The molecular formula is C19H18FN3O3. The number of unbranched alkanes of at least 4 members (excludes halogenated alkanes) is 1. The molecule has 0 aliphatic rings. The van der Waals surface area contributed by atoms with E-state index in [1.54, 1.807) is 24.3 Å². The summed E-state index contributed by atoms with van der Waals surface area (Å²) in [7, 11) is 0. The second-order valence-corrected chi connectivity index (χ2v) is 5.76. The number of aromatic nitrogens is 2. The number of benzene rings is 1. The van der Waals surface area contributed by atoms with Gasteiger partial charge in [0.2, 0.25) is 0 Å². The molecule has 0 saturated heterocycles. The average molecular weight is 355 g/mol. The molecule has 0 aliphatic carbocycles. The zero-order valence-electron chi connectivity index (χ0n) is 14.2. The largest absolute Gasteiger partial charge is 0.462 e. The third-order valence-corrected chi connectivity index (χ3v) is 3.73. The van der Waals surface area contributed by atoms with Crippen LogP contribution in [0, 0.1) is 5.82 Å². The van der Waals surface area contributed by atoms with Gasteiger partial charge in [0.25, 0.3) is 5.91 Å². The molecule has 134 valence electrons. The maximum absolute atomic E-state index is 13.2. The van der Waals surface area contributed by atoms with Crippen LogP contribution >= 0.6 is 0 Å². The SMILES string of the molecule is CCCCOC(=O)c1cccc(NC(=O)c2cn3cc(F)ccc3n2)c1. The smallest absolute Gasteiger partial charge is 0.338 e. The van der Waals surface area contributed by atoms with Crippen LogP contribution in [-0.2, 0) is 4.74 Å². The fourth-order valence-corrected chi connectivity index (χ4v) is 2.39. The van der Waals surface area contributed by atoms with Crippen LogP contribution in [0.5, 0.6) is 0 Å². The van der Waals surface area contributed by atoms with Crippen molar-refractivity contribution in [3.05, 3.63) is 65.9 Å². The van der Waals surface area contributed by atoms with Crippen molar-refractivity contribution >= 4 is 23.2 Å². The molecule has 0 spiro atoms. The van der Waals surface area contributed by atoms with Gasteiger partial charge in [-0.25, -0.2) is 14.2 Å². The van der Waals surface area contributed by atoms with Crippen LogP contribution in [0.15, 0.2) is 48.8 Å². The molecule has 2 aromatic heterocycles. The van der Waals surface area contributed by atoms with Gasteiger partial charge in [0.1, 0.15) is 17.2 Å². The summed E-state index contributed by atoms with van der Waals surface area (Å²) >= 11 is 0. The van der Waals surface area contributed by atoms with Gasteiger partial charge >= 0.3 is 5.97 Å². The molecule has 6 nitrogen and oxygen atoms in total. The molecule has 0 unspecified atom stereocenters. The Kier molecular flexibility index (Phi) is 5.26. The summed E-state index contributed by atoms with van der Waals surface area (Å²) in [6.45, 7) is 2.38. The summed E-state index contributed by atoms with van der Waals surface area (Å²) in [6.07, 6.45) is 4.42. The maximum atomic E-state index is 13.2. The van der Waals surface area contributed by atoms with Crippen molar-refractivity contribution in [3.8, 4) is 0 Å². The number of nitrogens with one attached hydrogen (secondary N) is 1. The summed E-state index contributed by atoms with van der Waals surface area (Å²) in [4.78, 5) is 28.5. The van der Waals surface area contributed by atoms with E-state index in [9.17, 15) is 14.0 Å². The van der Waals surface area contributed by atoms with Crippen molar-refractivity contribution in [2.24, 2.45) is 0 Å². The number of hydrogen-bond acceptors (Lipinski definition) is 4. The first-order valence-corrected chi connectivity index (χ1v) is 8.29. The van der Waals surface area contributed by atoms with Crippen molar-refractivity contribution < 1.29 is 18.7 Å². The molecule has 0 saturated carbocycles. The minimum Gasteiger partial charge on any atom is -0.462 e. The molecular weight excluding hydrogens is 337 g/mol. The maximum Gasteiger partial charge on any atom is 0.338 e. The van der Waals surface area contributed by atoms with Gasteiger partial charge in [-0.2, -0.15) is 0 Å². The number of ether oxygens (including phenoxy) is 1. The van der Waals surface area contributed by atoms with Gasteiger partial charge in [0, 0.05) is 18.1 Å². The van der Waals surface area contributed by atoms with E-state index >= 15 is 0 Å². The molecule has 0 fully saturated rings. The Morgan fingerprint density at radius 3 is 2.88 bits per heavy atom. The Bertz CT molecular complexity index is 952. The van der Waals surface area contributed by atoms with E-state index in [2.05, 4.69) is 10.3 Å². The molecule has 0 bridgehead atoms. The molecule has 3 rings (SSSR count). The summed E-state index contributed by atoms with van der Waals surface area (Å²) in [5.74, 6) is -1.31. The minimum absolute atomic E-state index is 0.145. The molecule has 3 aromatic rings. The van der Waals surface area contributed by atoms with E-state index in [4.69, 9.17) is 4.74 Å². The van der Waals surface area contributed by atoms with Crippen LogP contribution < -0.4 is 5.32 Å². The summed E-state index contributed by atoms with van der Waals surface area (Å²) < 4.78 is 19.8. The second kappa shape index (κ2) is 7.77. The lowest BCUT2D eigenvalue weighted by atomic mass is 10.2. The first-order chi connectivity index (χ1) is 12.6. The number of carbonyl (C=O) groups is 2. The fourth-order valence-electron chi connectivity index (χ4n) is 2.39. The number of pyridine rings is 1. The monoisotopic (exact) mass is 355 g/mol. The van der Waals surface area contributed by atoms with Crippen LogP contribution in [0.25, 0.3) is 5.65 Å². The zero-order valence-corrected chi connectivity index (χ0v) is 14.2. The molecule has 1 N–H and O–H groups in total. The predicted molar refractivity (Wildman–Crippen MR) is 94.7 cm³/mol. The molecule has 1 aromatic carbocycles. The van der Waals surface area contributed by atoms with Gasteiger partial charge in [-0.3, -0.25) is 4.79 Å². The molecule has 26 heavy (non-hydrogen) atoms. The number of anilines is 1. The summed E-state index contributed by atoms with van der Waals surface area (Å²) in [5, 5.41) is 2.68. The Labute approximate surface area is 149 Å². The van der Waals surface area contributed by atoms with E-state index < -0.39 is 17.7 Å². The van der Waals surface area contributed by atoms with E-state index in [0.717, 1.165) is 12.8 Å². The topological polar surface area (TPSA) is 72.7 Å². The van der Waals surface area contributed by atoms with Crippen molar-refractivity contribution in [3.63, 3.8) is 0 Å². The molecule has 0 atom stereocenters. The highest BCUT2D eigenvalue weighted by atomic mass is 19.1. The normalized spacial score (nSPS) is 10.7. The van der Waals surface area contributed by atoms with Crippen LogP contribution in [0.3, 0.4) is 0 Å². The van der Waals surface area contributed by atoms with Crippen molar-refractivity contribution in [2.75, 3.05) is 11.9 Å². The highest BCUT2D eigenvalue weighted by Gasteiger charge is 2.13. The van der Waals surface area contributed by atoms with Crippen molar-refractivity contribution in [1.29, 1.82) is 0 Å². The highest BCUT2D eigenvalue weighted by molar-refractivity contribution is 6.03. The highest BCUT2D eigenvalue weighted by Crippen LogP contribution is 2.14. The Morgan fingerprint density at radius 2 is 2.08 bits per heavy atom. The molecule has 7 heteroatoms. The standard InChI is InChI=1S/C19H18FN3O3/c1-2-3-9-26-19(25)13-5-4-6-15(10-13)21-18(24)16-12-23-11-14(20)7-8-17(23)22-16/h4-8,10-12H,2-3,9H2,1H3,(H,21,24). The molecule has 2 heterocycles. The Hall–Kier alpha value is -3.22. The predicted octanol–water partition coefficient (Wildman–Crippen LogP) is 3.68. The lowest BCUT2D eigenvalue weighted by Crippen LogP contribution is -2.13. The summed E-state index contributed by atoms with van der Waals surface area (Å²) in [6, 6.07) is 9.25. The number of imidazole rings is 1. The van der Waals surface area contributed by atoms with E-state index in [1.165, 1.54) is 28.9 Å². The lowest BCUT2D eigenvalue weighted by Gasteiger charge is -2.07. The van der Waals surface area contributed by atoms with E-state index in [-0.39, 0.29) is 5.69 Å². The third kappa shape index (κ3) is 4.05. The van der Waals surface area contributed by atoms with Crippen LogP contribution in [-0.4, -0.2) is 27.9 Å².